The van der Waals surface area contributed by atoms with E-state index in [9.17, 15) is 14.4 Å². The number of carbonyl (C=O) groups excluding carboxylic acids is 2. The first-order valence-corrected chi connectivity index (χ1v) is 5.44. The molecule has 0 unspecified atom stereocenters. The molecule has 0 aliphatic rings. The third kappa shape index (κ3) is 8.06. The molecule has 0 aliphatic heterocycles. The lowest BCUT2D eigenvalue weighted by Gasteiger charge is -2.17. The molecule has 0 saturated carbocycles. The van der Waals surface area contributed by atoms with Crippen molar-refractivity contribution in [1.82, 2.24) is 15.5 Å². The smallest absolute Gasteiger partial charge is 0.317 e. The molecule has 0 saturated heterocycles. The molecule has 0 aromatic carbocycles. The van der Waals surface area contributed by atoms with Gasteiger partial charge in [0.2, 0.25) is 5.91 Å². The van der Waals surface area contributed by atoms with E-state index in [4.69, 9.17) is 5.11 Å². The molecule has 0 spiro atoms. The number of rotatable bonds is 7. The summed E-state index contributed by atoms with van der Waals surface area (Å²) in [7, 11) is 1.50. The van der Waals surface area contributed by atoms with E-state index in [-0.39, 0.29) is 31.4 Å². The zero-order chi connectivity index (χ0) is 13.3. The number of carboxylic acids is 1. The first-order chi connectivity index (χ1) is 7.97. The molecule has 0 fully saturated rings. The second-order valence-corrected chi connectivity index (χ2v) is 3.54. The van der Waals surface area contributed by atoms with Crippen LogP contribution in [-0.4, -0.2) is 54.6 Å². The van der Waals surface area contributed by atoms with Gasteiger partial charge in [0.25, 0.3) is 0 Å². The van der Waals surface area contributed by atoms with Crippen LogP contribution in [0, 0.1) is 0 Å². The van der Waals surface area contributed by atoms with Crippen LogP contribution in [0.4, 0.5) is 4.79 Å². The molecule has 3 N–H and O–H groups in total. The van der Waals surface area contributed by atoms with Gasteiger partial charge in [-0.3, -0.25) is 9.59 Å². The van der Waals surface area contributed by atoms with Crippen molar-refractivity contribution in [3.63, 3.8) is 0 Å². The van der Waals surface area contributed by atoms with Gasteiger partial charge in [0.1, 0.15) is 6.54 Å². The highest BCUT2D eigenvalue weighted by Crippen LogP contribution is 1.89. The molecule has 0 rings (SSSR count). The molecule has 17 heavy (non-hydrogen) atoms. The maximum atomic E-state index is 11.4. The van der Waals surface area contributed by atoms with Gasteiger partial charge in [-0.1, -0.05) is 0 Å². The van der Waals surface area contributed by atoms with Crippen LogP contribution in [0.1, 0.15) is 19.8 Å². The highest BCUT2D eigenvalue weighted by Gasteiger charge is 2.11. The number of likely N-dealkylation sites (N-methyl/N-ethyl adjacent to an activating group) is 2. The van der Waals surface area contributed by atoms with Crippen LogP contribution < -0.4 is 10.6 Å². The molecule has 0 aromatic heterocycles. The monoisotopic (exact) mass is 245 g/mol. The molecular weight excluding hydrogens is 226 g/mol. The summed E-state index contributed by atoms with van der Waals surface area (Å²) in [4.78, 5) is 34.0. The second kappa shape index (κ2) is 8.37. The van der Waals surface area contributed by atoms with Gasteiger partial charge in [-0.05, 0) is 13.3 Å². The van der Waals surface area contributed by atoms with Gasteiger partial charge < -0.3 is 20.6 Å². The summed E-state index contributed by atoms with van der Waals surface area (Å²) in [5.41, 5.74) is 0. The van der Waals surface area contributed by atoms with Gasteiger partial charge in [0, 0.05) is 26.6 Å². The molecule has 0 radical (unpaired) electrons. The number of urea groups is 1. The summed E-state index contributed by atoms with van der Waals surface area (Å²) >= 11 is 0. The third-order valence-electron chi connectivity index (χ3n) is 1.95. The highest BCUT2D eigenvalue weighted by molar-refractivity contribution is 5.83. The minimum absolute atomic E-state index is 0.0142. The Hall–Kier alpha value is -1.79. The van der Waals surface area contributed by atoms with E-state index < -0.39 is 5.97 Å². The lowest BCUT2D eigenvalue weighted by atomic mass is 10.3. The topological polar surface area (TPSA) is 98.7 Å². The predicted molar refractivity (Wildman–Crippen MR) is 61.6 cm³/mol. The zero-order valence-corrected chi connectivity index (χ0v) is 10.2. The maximum absolute atomic E-state index is 11.4. The number of carbonyl (C=O) groups is 3. The SMILES string of the molecule is CCNC(=O)CN(C)C(=O)NCCCC(=O)O. The van der Waals surface area contributed by atoms with Crippen LogP contribution >= 0.6 is 0 Å². The van der Waals surface area contributed by atoms with Crippen molar-refractivity contribution < 1.29 is 19.5 Å². The Bertz CT molecular complexity index is 281. The van der Waals surface area contributed by atoms with E-state index >= 15 is 0 Å². The predicted octanol–water partition coefficient (Wildman–Crippen LogP) is -0.371. The van der Waals surface area contributed by atoms with Crippen LogP contribution in [0.5, 0.6) is 0 Å². The van der Waals surface area contributed by atoms with E-state index in [0.29, 0.717) is 13.0 Å². The lowest BCUT2D eigenvalue weighted by molar-refractivity contribution is -0.137. The Labute approximate surface area is 100 Å². The van der Waals surface area contributed by atoms with Gasteiger partial charge in [-0.15, -0.1) is 0 Å². The van der Waals surface area contributed by atoms with Crippen molar-refractivity contribution in [2.24, 2.45) is 0 Å². The Morgan fingerprint density at radius 2 is 1.88 bits per heavy atom. The summed E-state index contributed by atoms with van der Waals surface area (Å²) in [6, 6.07) is -0.387. The molecule has 0 bridgehead atoms. The van der Waals surface area contributed by atoms with E-state index in [2.05, 4.69) is 10.6 Å². The number of hydrogen-bond acceptors (Lipinski definition) is 3. The fourth-order valence-electron chi connectivity index (χ4n) is 1.11. The van der Waals surface area contributed by atoms with Crippen molar-refractivity contribution in [2.45, 2.75) is 19.8 Å². The van der Waals surface area contributed by atoms with Crippen LogP contribution in [0.3, 0.4) is 0 Å². The minimum Gasteiger partial charge on any atom is -0.481 e. The van der Waals surface area contributed by atoms with Crippen LogP contribution in [0.15, 0.2) is 0 Å². The Morgan fingerprint density at radius 3 is 2.41 bits per heavy atom. The number of nitrogens with zero attached hydrogens (tertiary/aromatic N) is 1. The van der Waals surface area contributed by atoms with Gasteiger partial charge in [-0.25, -0.2) is 4.79 Å². The quantitative estimate of drug-likeness (QED) is 0.533. The number of amides is 3. The normalized spacial score (nSPS) is 9.53. The average molecular weight is 245 g/mol. The highest BCUT2D eigenvalue weighted by atomic mass is 16.4. The Kier molecular flexibility index (Phi) is 7.49. The average Bonchev–Trinajstić information content (AvgIpc) is 2.23. The van der Waals surface area contributed by atoms with Crippen LogP contribution in [0.2, 0.25) is 0 Å². The fourth-order valence-corrected chi connectivity index (χ4v) is 1.11. The van der Waals surface area contributed by atoms with Gasteiger partial charge in [-0.2, -0.15) is 0 Å². The molecule has 0 aliphatic carbocycles. The molecule has 0 heterocycles. The van der Waals surface area contributed by atoms with Gasteiger partial charge in [0.05, 0.1) is 0 Å². The van der Waals surface area contributed by atoms with Crippen molar-refractivity contribution in [3.8, 4) is 0 Å². The molecule has 0 atom stereocenters. The number of nitrogens with one attached hydrogen (secondary N) is 2. The molecule has 3 amide bonds. The summed E-state index contributed by atoms with van der Waals surface area (Å²) in [6.45, 7) is 2.58. The largest absolute Gasteiger partial charge is 0.481 e. The van der Waals surface area contributed by atoms with E-state index in [1.165, 1.54) is 11.9 Å². The molecule has 98 valence electrons. The number of hydrogen-bond donors (Lipinski definition) is 3. The van der Waals surface area contributed by atoms with E-state index in [1.807, 2.05) is 0 Å². The zero-order valence-electron chi connectivity index (χ0n) is 10.2. The first-order valence-electron chi connectivity index (χ1n) is 5.44. The van der Waals surface area contributed by atoms with Gasteiger partial charge >= 0.3 is 12.0 Å². The van der Waals surface area contributed by atoms with Gasteiger partial charge in [0.15, 0.2) is 0 Å². The Balaban J connectivity index is 3.74. The molecule has 7 nitrogen and oxygen atoms in total. The Morgan fingerprint density at radius 1 is 1.24 bits per heavy atom. The van der Waals surface area contributed by atoms with Crippen molar-refractivity contribution in [3.05, 3.63) is 0 Å². The van der Waals surface area contributed by atoms with Crippen LogP contribution in [-0.2, 0) is 9.59 Å². The van der Waals surface area contributed by atoms with Crippen molar-refractivity contribution in [2.75, 3.05) is 26.7 Å². The van der Waals surface area contributed by atoms with Crippen LogP contribution in [0.25, 0.3) is 0 Å². The third-order valence-corrected chi connectivity index (χ3v) is 1.95. The molecular formula is C10H19N3O4. The minimum atomic E-state index is -0.894. The molecule has 0 aromatic rings. The number of carboxylic acid groups (broad SMARTS) is 1. The fraction of sp³-hybridized carbons (Fsp3) is 0.700. The van der Waals surface area contributed by atoms with E-state index in [0.717, 1.165) is 0 Å². The summed E-state index contributed by atoms with van der Waals surface area (Å²) in [6.07, 6.45) is 0.385. The lowest BCUT2D eigenvalue weighted by Crippen LogP contribution is -2.43. The maximum Gasteiger partial charge on any atom is 0.317 e. The van der Waals surface area contributed by atoms with E-state index in [1.54, 1.807) is 6.92 Å². The summed E-state index contributed by atoms with van der Waals surface area (Å²) in [5.74, 6) is -1.12. The standard InChI is InChI=1S/C10H19N3O4/c1-3-11-8(14)7-13(2)10(17)12-6-4-5-9(15)16/h3-7H2,1-2H3,(H,11,14)(H,12,17)(H,15,16). The molecule has 7 heteroatoms. The summed E-state index contributed by atoms with van der Waals surface area (Å²) in [5, 5.41) is 13.5. The van der Waals surface area contributed by atoms with Crippen molar-refractivity contribution >= 4 is 17.9 Å². The van der Waals surface area contributed by atoms with Crippen molar-refractivity contribution in [1.29, 1.82) is 0 Å². The first kappa shape index (κ1) is 15.2. The second-order valence-electron chi connectivity index (χ2n) is 3.54. The number of aliphatic carboxylic acids is 1. The summed E-state index contributed by atoms with van der Waals surface area (Å²) < 4.78 is 0.